The molecule has 0 bridgehead atoms. The highest BCUT2D eigenvalue weighted by atomic mass is 16.5. The summed E-state index contributed by atoms with van der Waals surface area (Å²) in [4.78, 5) is 0. The molecular weight excluding hydrogens is 178 g/mol. The number of hydrogen-bond donors (Lipinski definition) is 1. The maximum absolute atomic E-state index is 5.69. The monoisotopic (exact) mass is 197 g/mol. The third kappa shape index (κ3) is 3.16. The number of rotatable bonds is 5. The fourth-order valence-corrected chi connectivity index (χ4v) is 0.977. The Morgan fingerprint density at radius 2 is 2.21 bits per heavy atom. The molecule has 0 spiro atoms. The molecule has 1 heterocycles. The Balaban J connectivity index is 2.45. The number of furan rings is 1. The molecule has 0 radical (unpaired) electrons. The van der Waals surface area contributed by atoms with Crippen LogP contribution in [0.4, 0.5) is 0 Å². The SMILES string of the molecule is CCC(C)(C)OCc1cc(CN)co1. The number of hydrogen-bond acceptors (Lipinski definition) is 3. The molecule has 2 N–H and O–H groups in total. The molecule has 0 unspecified atom stereocenters. The number of ether oxygens (including phenoxy) is 1. The lowest BCUT2D eigenvalue weighted by Gasteiger charge is -2.22. The summed E-state index contributed by atoms with van der Waals surface area (Å²) in [5, 5.41) is 0. The number of nitrogens with two attached hydrogens (primary N) is 1. The van der Waals surface area contributed by atoms with Gasteiger partial charge in [0.25, 0.3) is 0 Å². The quantitative estimate of drug-likeness (QED) is 0.788. The maximum atomic E-state index is 5.69. The Hall–Kier alpha value is -0.800. The highest BCUT2D eigenvalue weighted by Gasteiger charge is 2.15. The van der Waals surface area contributed by atoms with Crippen LogP contribution >= 0.6 is 0 Å². The molecule has 0 atom stereocenters. The average molecular weight is 197 g/mol. The third-order valence-corrected chi connectivity index (χ3v) is 2.40. The van der Waals surface area contributed by atoms with Crippen LogP contribution in [0.5, 0.6) is 0 Å². The summed E-state index contributed by atoms with van der Waals surface area (Å²) in [7, 11) is 0. The van der Waals surface area contributed by atoms with E-state index in [9.17, 15) is 0 Å². The van der Waals surface area contributed by atoms with Crippen LogP contribution in [0, 0.1) is 0 Å². The van der Waals surface area contributed by atoms with Crippen molar-refractivity contribution in [3.8, 4) is 0 Å². The minimum Gasteiger partial charge on any atom is -0.467 e. The lowest BCUT2D eigenvalue weighted by molar-refractivity contribution is -0.0383. The van der Waals surface area contributed by atoms with Crippen LogP contribution in [0.25, 0.3) is 0 Å². The van der Waals surface area contributed by atoms with E-state index in [0.29, 0.717) is 13.2 Å². The second kappa shape index (κ2) is 4.62. The van der Waals surface area contributed by atoms with Gasteiger partial charge in [-0.3, -0.25) is 0 Å². The maximum Gasteiger partial charge on any atom is 0.129 e. The van der Waals surface area contributed by atoms with Crippen molar-refractivity contribution in [2.45, 2.75) is 45.9 Å². The van der Waals surface area contributed by atoms with Crippen LogP contribution in [-0.4, -0.2) is 5.60 Å². The molecule has 0 fully saturated rings. The van der Waals surface area contributed by atoms with Gasteiger partial charge in [-0.25, -0.2) is 0 Å². The van der Waals surface area contributed by atoms with Crippen LogP contribution in [0.1, 0.15) is 38.5 Å². The Bertz CT molecular complexity index is 279. The normalized spacial score (nSPS) is 12.0. The van der Waals surface area contributed by atoms with Crippen molar-refractivity contribution in [3.63, 3.8) is 0 Å². The lowest BCUT2D eigenvalue weighted by atomic mass is 10.1. The molecule has 1 rings (SSSR count). The van der Waals surface area contributed by atoms with Gasteiger partial charge in [0, 0.05) is 12.1 Å². The van der Waals surface area contributed by atoms with E-state index in [2.05, 4.69) is 20.8 Å². The Morgan fingerprint density at radius 3 is 2.71 bits per heavy atom. The van der Waals surface area contributed by atoms with Crippen LogP contribution in [0.3, 0.4) is 0 Å². The van der Waals surface area contributed by atoms with E-state index in [1.165, 1.54) is 0 Å². The van der Waals surface area contributed by atoms with Gasteiger partial charge in [0.2, 0.25) is 0 Å². The molecule has 0 saturated heterocycles. The minimum atomic E-state index is -0.0876. The summed E-state index contributed by atoms with van der Waals surface area (Å²) in [6.07, 6.45) is 2.66. The molecule has 14 heavy (non-hydrogen) atoms. The van der Waals surface area contributed by atoms with Gasteiger partial charge in [0.1, 0.15) is 12.4 Å². The first kappa shape index (κ1) is 11.3. The van der Waals surface area contributed by atoms with Crippen LogP contribution in [0.2, 0.25) is 0 Å². The molecule has 3 heteroatoms. The van der Waals surface area contributed by atoms with Gasteiger partial charge in [-0.05, 0) is 26.3 Å². The lowest BCUT2D eigenvalue weighted by Crippen LogP contribution is -2.22. The fraction of sp³-hybridized carbons (Fsp3) is 0.636. The second-order valence-corrected chi connectivity index (χ2v) is 4.03. The van der Waals surface area contributed by atoms with E-state index in [4.69, 9.17) is 14.9 Å². The highest BCUT2D eigenvalue weighted by Crippen LogP contribution is 2.17. The zero-order valence-electron chi connectivity index (χ0n) is 9.17. The summed E-state index contributed by atoms with van der Waals surface area (Å²) in [5.74, 6) is 0.840. The summed E-state index contributed by atoms with van der Waals surface area (Å²) < 4.78 is 11.0. The smallest absolute Gasteiger partial charge is 0.129 e. The van der Waals surface area contributed by atoms with Crippen molar-refractivity contribution in [2.75, 3.05) is 0 Å². The minimum absolute atomic E-state index is 0.0876. The van der Waals surface area contributed by atoms with Crippen LogP contribution in [-0.2, 0) is 17.9 Å². The summed E-state index contributed by atoms with van der Waals surface area (Å²) >= 11 is 0. The van der Waals surface area contributed by atoms with E-state index in [1.54, 1.807) is 6.26 Å². The Labute approximate surface area is 85.2 Å². The highest BCUT2D eigenvalue weighted by molar-refractivity contribution is 5.11. The van der Waals surface area contributed by atoms with E-state index >= 15 is 0 Å². The van der Waals surface area contributed by atoms with Crippen molar-refractivity contribution in [2.24, 2.45) is 5.73 Å². The molecule has 1 aromatic heterocycles. The predicted octanol–water partition coefficient (Wildman–Crippen LogP) is 2.44. The average Bonchev–Trinajstić information content (AvgIpc) is 2.63. The summed E-state index contributed by atoms with van der Waals surface area (Å²) in [5.41, 5.74) is 6.39. The fourth-order valence-electron chi connectivity index (χ4n) is 0.977. The van der Waals surface area contributed by atoms with Crippen molar-refractivity contribution in [1.82, 2.24) is 0 Å². The molecular formula is C11H19NO2. The van der Waals surface area contributed by atoms with Gasteiger partial charge in [0.15, 0.2) is 0 Å². The topological polar surface area (TPSA) is 48.4 Å². The second-order valence-electron chi connectivity index (χ2n) is 4.03. The largest absolute Gasteiger partial charge is 0.467 e. The van der Waals surface area contributed by atoms with E-state index in [1.807, 2.05) is 6.07 Å². The van der Waals surface area contributed by atoms with Gasteiger partial charge in [-0.15, -0.1) is 0 Å². The molecule has 0 amide bonds. The van der Waals surface area contributed by atoms with Gasteiger partial charge in [0.05, 0.1) is 11.9 Å². The van der Waals surface area contributed by atoms with E-state index < -0.39 is 0 Å². The molecule has 0 aliphatic rings. The van der Waals surface area contributed by atoms with Gasteiger partial charge < -0.3 is 14.9 Å². The summed E-state index contributed by atoms with van der Waals surface area (Å²) in [6.45, 7) is 7.27. The van der Waals surface area contributed by atoms with Gasteiger partial charge in [-0.1, -0.05) is 6.92 Å². The zero-order chi connectivity index (χ0) is 10.6. The predicted molar refractivity (Wildman–Crippen MR) is 55.8 cm³/mol. The Kier molecular flexibility index (Phi) is 3.72. The molecule has 80 valence electrons. The molecule has 0 aromatic carbocycles. The van der Waals surface area contributed by atoms with Crippen molar-refractivity contribution < 1.29 is 9.15 Å². The summed E-state index contributed by atoms with van der Waals surface area (Å²) in [6, 6.07) is 1.94. The van der Waals surface area contributed by atoms with Gasteiger partial charge >= 0.3 is 0 Å². The van der Waals surface area contributed by atoms with Crippen molar-refractivity contribution >= 4 is 0 Å². The molecule has 0 saturated carbocycles. The Morgan fingerprint density at radius 1 is 1.50 bits per heavy atom. The first-order valence-electron chi connectivity index (χ1n) is 4.97. The molecule has 3 nitrogen and oxygen atoms in total. The van der Waals surface area contributed by atoms with Crippen LogP contribution < -0.4 is 5.73 Å². The molecule has 0 aliphatic carbocycles. The van der Waals surface area contributed by atoms with E-state index in [-0.39, 0.29) is 5.60 Å². The zero-order valence-corrected chi connectivity index (χ0v) is 9.17. The molecule has 0 aliphatic heterocycles. The molecule has 1 aromatic rings. The third-order valence-electron chi connectivity index (χ3n) is 2.40. The van der Waals surface area contributed by atoms with Crippen LogP contribution in [0.15, 0.2) is 16.7 Å². The van der Waals surface area contributed by atoms with E-state index in [0.717, 1.165) is 17.7 Å². The van der Waals surface area contributed by atoms with Gasteiger partial charge in [-0.2, -0.15) is 0 Å². The first-order valence-corrected chi connectivity index (χ1v) is 4.97. The first-order chi connectivity index (χ1) is 6.57. The standard InChI is InChI=1S/C11H19NO2/c1-4-11(2,3)14-8-10-5-9(6-12)7-13-10/h5,7H,4,6,8,12H2,1-3H3. The van der Waals surface area contributed by atoms with Crippen molar-refractivity contribution in [3.05, 3.63) is 23.7 Å². The van der Waals surface area contributed by atoms with Crippen molar-refractivity contribution in [1.29, 1.82) is 0 Å².